The molecule has 3 aromatic carbocycles. The zero-order valence-corrected chi connectivity index (χ0v) is 29.2. The van der Waals surface area contributed by atoms with E-state index in [1.54, 1.807) is 13.8 Å². The molecular formula is C35H44ClN5O6S. The van der Waals surface area contributed by atoms with E-state index in [0.717, 1.165) is 16.0 Å². The lowest BCUT2D eigenvalue weighted by atomic mass is 9.97. The summed E-state index contributed by atoms with van der Waals surface area (Å²) < 4.78 is 28.8. The van der Waals surface area contributed by atoms with Crippen LogP contribution in [0.15, 0.2) is 83.8 Å². The number of halogens is 1. The fraction of sp³-hybridized carbons (Fsp3) is 0.400. The van der Waals surface area contributed by atoms with Crippen LogP contribution in [0.25, 0.3) is 0 Å². The molecule has 4 amide bonds. The van der Waals surface area contributed by atoms with Gasteiger partial charge in [-0.25, -0.2) is 13.2 Å². The average Bonchev–Trinajstić information content (AvgIpc) is 3.30. The molecule has 4 N–H and O–H groups in total. The maximum Gasteiger partial charge on any atom is 0.328 e. The molecule has 11 nitrogen and oxygen atoms in total. The van der Waals surface area contributed by atoms with Crippen molar-refractivity contribution in [2.24, 2.45) is 11.8 Å². The molecule has 0 saturated carbocycles. The van der Waals surface area contributed by atoms with E-state index in [4.69, 9.17) is 17.3 Å². The van der Waals surface area contributed by atoms with E-state index in [1.807, 2.05) is 74.5 Å². The second-order valence-electron chi connectivity index (χ2n) is 12.8. The van der Waals surface area contributed by atoms with Gasteiger partial charge in [0.2, 0.25) is 15.9 Å². The Bertz CT molecular complexity index is 1690. The molecule has 3 aromatic rings. The van der Waals surface area contributed by atoms with E-state index >= 15 is 0 Å². The lowest BCUT2D eigenvalue weighted by Crippen LogP contribution is -2.57. The summed E-state index contributed by atoms with van der Waals surface area (Å²) in [6.45, 7) is 6.84. The van der Waals surface area contributed by atoms with Gasteiger partial charge in [0.15, 0.2) is 0 Å². The number of nitrogen functional groups attached to an aromatic ring is 1. The van der Waals surface area contributed by atoms with Crippen LogP contribution < -0.4 is 11.1 Å². The van der Waals surface area contributed by atoms with Crippen molar-refractivity contribution in [1.29, 1.82) is 0 Å². The van der Waals surface area contributed by atoms with Crippen LogP contribution in [0, 0.1) is 11.8 Å². The van der Waals surface area contributed by atoms with Crippen LogP contribution in [-0.2, 0) is 32.6 Å². The summed E-state index contributed by atoms with van der Waals surface area (Å²) in [5.41, 5.74) is 7.60. The Morgan fingerprint density at radius 3 is 2.12 bits per heavy atom. The van der Waals surface area contributed by atoms with Crippen molar-refractivity contribution in [3.8, 4) is 0 Å². The minimum absolute atomic E-state index is 0.0713. The van der Waals surface area contributed by atoms with Gasteiger partial charge >= 0.3 is 6.03 Å². The summed E-state index contributed by atoms with van der Waals surface area (Å²) in [5.74, 6) is -1.46. The van der Waals surface area contributed by atoms with Crippen molar-refractivity contribution in [2.45, 2.75) is 63.7 Å². The summed E-state index contributed by atoms with van der Waals surface area (Å²) in [6.07, 6.45) is -1.18. The molecule has 1 heterocycles. The van der Waals surface area contributed by atoms with Crippen molar-refractivity contribution in [2.75, 3.05) is 25.4 Å². The molecule has 13 heteroatoms. The molecular weight excluding hydrogens is 654 g/mol. The Balaban J connectivity index is 1.60. The third kappa shape index (κ3) is 8.93. The first-order valence-corrected chi connectivity index (χ1v) is 17.7. The summed E-state index contributed by atoms with van der Waals surface area (Å²) in [4.78, 5) is 42.9. The molecule has 1 aliphatic heterocycles. The Morgan fingerprint density at radius 2 is 1.56 bits per heavy atom. The van der Waals surface area contributed by atoms with Gasteiger partial charge in [-0.15, -0.1) is 0 Å². The van der Waals surface area contributed by atoms with Gasteiger partial charge in [0.25, 0.3) is 5.91 Å². The molecule has 0 radical (unpaired) electrons. The first-order chi connectivity index (χ1) is 22.7. The van der Waals surface area contributed by atoms with Crippen LogP contribution in [0.3, 0.4) is 0 Å². The summed E-state index contributed by atoms with van der Waals surface area (Å²) >= 11 is 6.04. The minimum atomic E-state index is -4.13. The Kier molecular flexibility index (Phi) is 12.2. The van der Waals surface area contributed by atoms with Gasteiger partial charge in [0.1, 0.15) is 12.6 Å². The molecule has 0 unspecified atom stereocenters. The number of imide groups is 1. The number of aliphatic hydroxyl groups is 1. The number of nitrogens with one attached hydrogen (secondary N) is 1. The Morgan fingerprint density at radius 1 is 0.958 bits per heavy atom. The Hall–Kier alpha value is -3.97. The number of carbonyl (C=O) groups excluding carboxylic acids is 3. The molecule has 0 aliphatic carbocycles. The van der Waals surface area contributed by atoms with Gasteiger partial charge in [-0.05, 0) is 47.6 Å². The predicted octanol–water partition coefficient (Wildman–Crippen LogP) is 4.15. The van der Waals surface area contributed by atoms with E-state index in [2.05, 4.69) is 5.32 Å². The van der Waals surface area contributed by atoms with Crippen LogP contribution in [0.4, 0.5) is 10.5 Å². The molecule has 4 rings (SSSR count). The number of urea groups is 1. The van der Waals surface area contributed by atoms with Crippen LogP contribution in [0.2, 0.25) is 5.02 Å². The lowest BCUT2D eigenvalue weighted by molar-refractivity contribution is -0.129. The van der Waals surface area contributed by atoms with E-state index in [0.29, 0.717) is 0 Å². The highest BCUT2D eigenvalue weighted by molar-refractivity contribution is 7.89. The van der Waals surface area contributed by atoms with Crippen LogP contribution in [0.1, 0.15) is 38.8 Å². The van der Waals surface area contributed by atoms with Crippen molar-refractivity contribution in [3.05, 3.63) is 95.0 Å². The zero-order chi connectivity index (χ0) is 35.2. The van der Waals surface area contributed by atoms with E-state index < -0.39 is 46.1 Å². The molecule has 3 atom stereocenters. The second-order valence-corrected chi connectivity index (χ2v) is 15.2. The number of hydrogen-bond donors (Lipinski definition) is 3. The third-order valence-corrected chi connectivity index (χ3v) is 10.3. The fourth-order valence-corrected chi connectivity index (χ4v) is 7.54. The number of amides is 4. The van der Waals surface area contributed by atoms with Crippen molar-refractivity contribution >= 4 is 45.2 Å². The predicted molar refractivity (Wildman–Crippen MR) is 185 cm³/mol. The maximum atomic E-state index is 14.0. The number of anilines is 1. The summed E-state index contributed by atoms with van der Waals surface area (Å²) in [7, 11) is -4.13. The molecule has 48 heavy (non-hydrogen) atoms. The first kappa shape index (κ1) is 36.9. The average molecular weight is 698 g/mol. The van der Waals surface area contributed by atoms with E-state index in [9.17, 15) is 27.9 Å². The van der Waals surface area contributed by atoms with Crippen LogP contribution >= 0.6 is 11.6 Å². The molecule has 0 aromatic heterocycles. The largest absolute Gasteiger partial charge is 0.397 e. The van der Waals surface area contributed by atoms with Gasteiger partial charge in [-0.3, -0.25) is 14.5 Å². The maximum absolute atomic E-state index is 14.0. The highest BCUT2D eigenvalue weighted by Gasteiger charge is 2.44. The minimum Gasteiger partial charge on any atom is -0.397 e. The smallest absolute Gasteiger partial charge is 0.328 e. The topological polar surface area (TPSA) is 153 Å². The molecule has 258 valence electrons. The number of rotatable bonds is 15. The third-order valence-electron chi connectivity index (χ3n) is 8.16. The fourth-order valence-electron chi connectivity index (χ4n) is 5.77. The van der Waals surface area contributed by atoms with E-state index in [-0.39, 0.29) is 60.0 Å². The number of aliphatic hydroxyl groups excluding tert-OH is 1. The molecule has 0 spiro atoms. The van der Waals surface area contributed by atoms with Gasteiger partial charge in [-0.2, -0.15) is 4.31 Å². The van der Waals surface area contributed by atoms with Gasteiger partial charge in [-0.1, -0.05) is 100.0 Å². The summed E-state index contributed by atoms with van der Waals surface area (Å²) in [6, 6.07) is 19.8. The van der Waals surface area contributed by atoms with Crippen LogP contribution in [0.5, 0.6) is 0 Å². The van der Waals surface area contributed by atoms with Crippen molar-refractivity contribution in [3.63, 3.8) is 0 Å². The van der Waals surface area contributed by atoms with E-state index in [1.165, 1.54) is 27.4 Å². The zero-order valence-electron chi connectivity index (χ0n) is 27.6. The van der Waals surface area contributed by atoms with Crippen LogP contribution in [-0.4, -0.2) is 83.3 Å². The monoisotopic (exact) mass is 697 g/mol. The first-order valence-electron chi connectivity index (χ1n) is 15.9. The molecule has 0 bridgehead atoms. The highest BCUT2D eigenvalue weighted by Crippen LogP contribution is 2.26. The number of hydrogen-bond acceptors (Lipinski definition) is 7. The second kappa shape index (κ2) is 16.0. The SMILES string of the molecule is CC(C)CN(C[C@@H](O)[C@H](Cc1ccccc1)NC(=O)[C@H](C(C)C)N1CC(=O)N(Cc2ccccc2)C1=O)S(=O)(=O)c1ccc(Cl)c(N)c1. The number of nitrogens with zero attached hydrogens (tertiary/aromatic N) is 3. The van der Waals surface area contributed by atoms with Crippen molar-refractivity contribution in [1.82, 2.24) is 19.4 Å². The normalized spacial score (nSPS) is 15.8. The number of carbonyl (C=O) groups is 3. The molecule has 1 aliphatic rings. The van der Waals surface area contributed by atoms with Gasteiger partial charge in [0.05, 0.1) is 34.3 Å². The number of sulfonamides is 1. The summed E-state index contributed by atoms with van der Waals surface area (Å²) in [5, 5.41) is 14.8. The molecule has 1 fully saturated rings. The number of nitrogens with two attached hydrogens (primary N) is 1. The van der Waals surface area contributed by atoms with Crippen molar-refractivity contribution < 1.29 is 27.9 Å². The Labute approximate surface area is 287 Å². The highest BCUT2D eigenvalue weighted by atomic mass is 35.5. The quantitative estimate of drug-likeness (QED) is 0.159. The number of benzene rings is 3. The lowest BCUT2D eigenvalue weighted by Gasteiger charge is -2.34. The standard InChI is InChI=1S/C35H44ClN5O6S/c1-23(2)19-39(48(46,47)27-15-16-28(36)29(37)18-27)21-31(42)30(17-25-11-7-5-8-12-25)38-34(44)33(24(3)4)41-22-32(43)40(35(41)45)20-26-13-9-6-10-14-26/h5-16,18,23-24,30-31,33,42H,17,19-22,37H2,1-4H3,(H,38,44)/t30-,31+,33-/m0/s1. The van der Waals surface area contributed by atoms with Gasteiger partial charge < -0.3 is 21.1 Å². The van der Waals surface area contributed by atoms with Gasteiger partial charge in [0, 0.05) is 13.1 Å². The molecule has 1 saturated heterocycles.